The van der Waals surface area contributed by atoms with Crippen molar-refractivity contribution in [1.82, 2.24) is 15.6 Å². The Kier molecular flexibility index (Phi) is 4.65. The van der Waals surface area contributed by atoms with Crippen molar-refractivity contribution in [3.05, 3.63) is 23.0 Å². The Labute approximate surface area is 94.4 Å². The Balaban J connectivity index is 2.25. The van der Waals surface area contributed by atoms with E-state index < -0.39 is 0 Å². The normalized spacial score (nSPS) is 10.7. The molecule has 15 heavy (non-hydrogen) atoms. The number of aromatic nitrogens is 1. The van der Waals surface area contributed by atoms with Crippen LogP contribution in [0.5, 0.6) is 0 Å². The van der Waals surface area contributed by atoms with Gasteiger partial charge in [-0.25, -0.2) is 0 Å². The number of hydrogen-bond donors (Lipinski definition) is 3. The summed E-state index contributed by atoms with van der Waals surface area (Å²) in [6.45, 7) is 5.49. The number of halogens is 1. The van der Waals surface area contributed by atoms with Crippen LogP contribution in [0.3, 0.4) is 0 Å². The van der Waals surface area contributed by atoms with E-state index in [1.807, 2.05) is 0 Å². The molecule has 4 nitrogen and oxygen atoms in total. The van der Waals surface area contributed by atoms with Crippen LogP contribution in [0.15, 0.2) is 12.3 Å². The molecule has 0 fully saturated rings. The van der Waals surface area contributed by atoms with E-state index in [1.165, 1.54) is 0 Å². The summed E-state index contributed by atoms with van der Waals surface area (Å²) in [7, 11) is 0. The summed E-state index contributed by atoms with van der Waals surface area (Å²) in [6, 6.07) is 2.04. The summed E-state index contributed by atoms with van der Waals surface area (Å²) in [5.74, 6) is -0.132. The van der Waals surface area contributed by atoms with Gasteiger partial charge in [-0.15, -0.1) is 0 Å². The maximum atomic E-state index is 11.5. The topological polar surface area (TPSA) is 56.9 Å². The highest BCUT2D eigenvalue weighted by Crippen LogP contribution is 2.08. The first-order valence-corrected chi connectivity index (χ1v) is 5.33. The number of nitrogens with one attached hydrogen (secondary N) is 3. The van der Waals surface area contributed by atoms with Crippen molar-refractivity contribution in [2.75, 3.05) is 13.1 Å². The second kappa shape index (κ2) is 5.78. The van der Waals surface area contributed by atoms with Crippen molar-refractivity contribution >= 4 is 17.5 Å². The molecule has 1 heterocycles. The third kappa shape index (κ3) is 4.36. The molecule has 0 saturated heterocycles. The predicted molar refractivity (Wildman–Crippen MR) is 61.3 cm³/mol. The second-order valence-electron chi connectivity index (χ2n) is 3.60. The zero-order valence-electron chi connectivity index (χ0n) is 8.93. The summed E-state index contributed by atoms with van der Waals surface area (Å²) in [5, 5.41) is 6.52. The Morgan fingerprint density at radius 3 is 2.80 bits per heavy atom. The molecule has 0 aliphatic rings. The monoisotopic (exact) mass is 229 g/mol. The molecule has 0 atom stereocenters. The Morgan fingerprint density at radius 2 is 2.27 bits per heavy atom. The van der Waals surface area contributed by atoms with Crippen LogP contribution in [0.1, 0.15) is 24.3 Å². The zero-order valence-corrected chi connectivity index (χ0v) is 9.69. The maximum absolute atomic E-state index is 11.5. The van der Waals surface area contributed by atoms with Gasteiger partial charge in [-0.05, 0) is 6.07 Å². The third-order valence-electron chi connectivity index (χ3n) is 1.86. The summed E-state index contributed by atoms with van der Waals surface area (Å²) >= 11 is 5.68. The largest absolute Gasteiger partial charge is 0.356 e. The first kappa shape index (κ1) is 12.1. The average molecular weight is 230 g/mol. The molecule has 1 rings (SSSR count). The first-order chi connectivity index (χ1) is 7.09. The van der Waals surface area contributed by atoms with Crippen molar-refractivity contribution in [2.45, 2.75) is 19.9 Å². The number of amides is 1. The van der Waals surface area contributed by atoms with E-state index in [2.05, 4.69) is 29.5 Å². The highest BCUT2D eigenvalue weighted by atomic mass is 35.5. The predicted octanol–water partition coefficient (Wildman–Crippen LogP) is 1.40. The van der Waals surface area contributed by atoms with Gasteiger partial charge in [0.2, 0.25) is 0 Å². The number of carbonyl (C=O) groups excluding carboxylic acids is 1. The first-order valence-electron chi connectivity index (χ1n) is 4.95. The van der Waals surface area contributed by atoms with E-state index in [0.29, 0.717) is 23.3 Å². The van der Waals surface area contributed by atoms with Gasteiger partial charge in [-0.2, -0.15) is 0 Å². The van der Waals surface area contributed by atoms with Crippen LogP contribution in [0.2, 0.25) is 5.02 Å². The van der Waals surface area contributed by atoms with Crippen LogP contribution in [-0.4, -0.2) is 30.0 Å². The lowest BCUT2D eigenvalue weighted by Gasteiger charge is -2.08. The molecule has 1 amide bonds. The van der Waals surface area contributed by atoms with Crippen molar-refractivity contribution in [1.29, 1.82) is 0 Å². The maximum Gasteiger partial charge on any atom is 0.267 e. The van der Waals surface area contributed by atoms with Gasteiger partial charge in [-0.3, -0.25) is 4.79 Å². The third-order valence-corrected chi connectivity index (χ3v) is 2.07. The quantitative estimate of drug-likeness (QED) is 0.669. The van der Waals surface area contributed by atoms with Gasteiger partial charge < -0.3 is 15.6 Å². The summed E-state index contributed by atoms with van der Waals surface area (Å²) < 4.78 is 0. The molecule has 84 valence electrons. The summed E-state index contributed by atoms with van der Waals surface area (Å²) in [6.07, 6.45) is 1.59. The molecule has 5 heteroatoms. The zero-order chi connectivity index (χ0) is 11.3. The summed E-state index contributed by atoms with van der Waals surface area (Å²) in [4.78, 5) is 14.3. The number of carbonyl (C=O) groups is 1. The fourth-order valence-electron chi connectivity index (χ4n) is 1.13. The lowest BCUT2D eigenvalue weighted by Crippen LogP contribution is -2.34. The van der Waals surface area contributed by atoms with Gasteiger partial charge in [0.15, 0.2) is 0 Å². The highest BCUT2D eigenvalue weighted by Gasteiger charge is 2.06. The molecular formula is C10H16ClN3O. The Hall–Kier alpha value is -1.00. The van der Waals surface area contributed by atoms with Crippen LogP contribution in [-0.2, 0) is 0 Å². The molecule has 0 aromatic carbocycles. The minimum atomic E-state index is -0.132. The van der Waals surface area contributed by atoms with Crippen molar-refractivity contribution in [3.63, 3.8) is 0 Å². The molecule has 0 bridgehead atoms. The number of rotatable bonds is 5. The molecule has 3 N–H and O–H groups in total. The van der Waals surface area contributed by atoms with Gasteiger partial charge in [-0.1, -0.05) is 25.4 Å². The number of aromatic amines is 1. The van der Waals surface area contributed by atoms with Crippen molar-refractivity contribution < 1.29 is 4.79 Å². The Morgan fingerprint density at radius 1 is 1.53 bits per heavy atom. The van der Waals surface area contributed by atoms with Crippen LogP contribution in [0.25, 0.3) is 0 Å². The van der Waals surface area contributed by atoms with E-state index in [9.17, 15) is 4.79 Å². The highest BCUT2D eigenvalue weighted by molar-refractivity contribution is 6.30. The minimum absolute atomic E-state index is 0.132. The molecule has 1 aromatic rings. The van der Waals surface area contributed by atoms with Gasteiger partial charge in [0, 0.05) is 25.3 Å². The van der Waals surface area contributed by atoms with E-state index in [1.54, 1.807) is 12.3 Å². The van der Waals surface area contributed by atoms with E-state index >= 15 is 0 Å². The number of hydrogen-bond acceptors (Lipinski definition) is 2. The van der Waals surface area contributed by atoms with Crippen LogP contribution in [0, 0.1) is 0 Å². The van der Waals surface area contributed by atoms with Gasteiger partial charge in [0.05, 0.1) is 5.02 Å². The number of H-pyrrole nitrogens is 1. The molecule has 0 unspecified atom stereocenters. The molecule has 0 spiro atoms. The lowest BCUT2D eigenvalue weighted by molar-refractivity contribution is 0.0949. The molecule has 0 saturated carbocycles. The fourth-order valence-corrected chi connectivity index (χ4v) is 1.29. The van der Waals surface area contributed by atoms with Crippen LogP contribution >= 0.6 is 11.6 Å². The van der Waals surface area contributed by atoms with E-state index in [4.69, 9.17) is 11.6 Å². The van der Waals surface area contributed by atoms with Crippen LogP contribution < -0.4 is 10.6 Å². The van der Waals surface area contributed by atoms with E-state index in [0.717, 1.165) is 6.54 Å². The van der Waals surface area contributed by atoms with Crippen LogP contribution in [0.4, 0.5) is 0 Å². The molecular weight excluding hydrogens is 214 g/mol. The molecule has 0 aliphatic carbocycles. The van der Waals surface area contributed by atoms with E-state index in [-0.39, 0.29) is 5.91 Å². The standard InChI is InChI=1S/C10H16ClN3O/c1-7(2)12-3-4-13-10(15)9-5-8(11)6-14-9/h5-7,12,14H,3-4H2,1-2H3,(H,13,15). The lowest BCUT2D eigenvalue weighted by atomic mass is 10.4. The fraction of sp³-hybridized carbons (Fsp3) is 0.500. The summed E-state index contributed by atoms with van der Waals surface area (Å²) in [5.41, 5.74) is 0.490. The van der Waals surface area contributed by atoms with Crippen molar-refractivity contribution in [2.24, 2.45) is 0 Å². The SMILES string of the molecule is CC(C)NCCNC(=O)c1cc(Cl)c[nH]1. The van der Waals surface area contributed by atoms with Gasteiger partial charge in [0.1, 0.15) is 5.69 Å². The molecule has 1 aromatic heterocycles. The molecule has 0 aliphatic heterocycles. The second-order valence-corrected chi connectivity index (χ2v) is 4.03. The minimum Gasteiger partial charge on any atom is -0.356 e. The van der Waals surface area contributed by atoms with Crippen molar-refractivity contribution in [3.8, 4) is 0 Å². The van der Waals surface area contributed by atoms with Gasteiger partial charge in [0.25, 0.3) is 5.91 Å². The average Bonchev–Trinajstić information content (AvgIpc) is 2.59. The smallest absolute Gasteiger partial charge is 0.267 e. The molecule has 0 radical (unpaired) electrons. The van der Waals surface area contributed by atoms with Gasteiger partial charge >= 0.3 is 0 Å². The Bertz CT molecular complexity index is 322.